The third-order valence-electron chi connectivity index (χ3n) is 3.68. The number of rotatable bonds is 7. The van der Waals surface area contributed by atoms with Crippen molar-refractivity contribution in [3.8, 4) is 17.2 Å². The summed E-state index contributed by atoms with van der Waals surface area (Å²) >= 11 is 0. The van der Waals surface area contributed by atoms with Gasteiger partial charge in [-0.25, -0.2) is 0 Å². The number of hydrogen-bond acceptors (Lipinski definition) is 4. The summed E-state index contributed by atoms with van der Waals surface area (Å²) in [5.41, 5.74) is 1.91. The van der Waals surface area contributed by atoms with Crippen LogP contribution in [-0.4, -0.2) is 19.3 Å². The molecule has 2 aromatic carbocycles. The Kier molecular flexibility index (Phi) is 5.57. The summed E-state index contributed by atoms with van der Waals surface area (Å²) in [5.74, 6) is 2.14. The van der Waals surface area contributed by atoms with Crippen LogP contribution in [0.5, 0.6) is 17.2 Å². The van der Waals surface area contributed by atoms with Crippen LogP contribution in [0.3, 0.4) is 0 Å². The maximum Gasteiger partial charge on any atom is 0.244 e. The van der Waals surface area contributed by atoms with Crippen LogP contribution in [0.25, 0.3) is 6.08 Å². The standard InChI is InChI=1S/C20H21NO4/c1-2-11-23-17-7-3-15(4-8-17)6-10-20(22)21-13-16-5-9-18-19(12-16)25-14-24-18/h3-10,12H,2,11,13-14H2,1H3,(H,21,22)/b10-6+. The first-order valence-electron chi connectivity index (χ1n) is 8.32. The Bertz CT molecular complexity index is 753. The van der Waals surface area contributed by atoms with Crippen LogP contribution in [0.4, 0.5) is 0 Å². The van der Waals surface area contributed by atoms with Crippen molar-refractivity contribution >= 4 is 12.0 Å². The first-order valence-corrected chi connectivity index (χ1v) is 8.32. The second-order valence-corrected chi connectivity index (χ2v) is 5.66. The number of amides is 1. The zero-order chi connectivity index (χ0) is 17.5. The Balaban J connectivity index is 1.49. The molecule has 1 aliphatic heterocycles. The lowest BCUT2D eigenvalue weighted by atomic mass is 10.2. The lowest BCUT2D eigenvalue weighted by Crippen LogP contribution is -2.20. The molecule has 0 spiro atoms. The molecule has 0 saturated carbocycles. The summed E-state index contributed by atoms with van der Waals surface area (Å²) in [4.78, 5) is 12.0. The molecular weight excluding hydrogens is 318 g/mol. The Morgan fingerprint density at radius 1 is 1.16 bits per heavy atom. The largest absolute Gasteiger partial charge is 0.494 e. The predicted octanol–water partition coefficient (Wildman–Crippen LogP) is 3.53. The Hall–Kier alpha value is -2.95. The smallest absolute Gasteiger partial charge is 0.244 e. The van der Waals surface area contributed by atoms with Crippen molar-refractivity contribution in [3.05, 3.63) is 59.7 Å². The molecule has 0 saturated heterocycles. The molecule has 5 nitrogen and oxygen atoms in total. The van der Waals surface area contributed by atoms with E-state index in [4.69, 9.17) is 14.2 Å². The number of hydrogen-bond donors (Lipinski definition) is 1. The van der Waals surface area contributed by atoms with Crippen molar-refractivity contribution in [3.63, 3.8) is 0 Å². The molecule has 0 unspecified atom stereocenters. The summed E-state index contributed by atoms with van der Waals surface area (Å²) in [5, 5.41) is 2.85. The first kappa shape index (κ1) is 16.9. The van der Waals surface area contributed by atoms with E-state index in [-0.39, 0.29) is 12.7 Å². The van der Waals surface area contributed by atoms with Gasteiger partial charge >= 0.3 is 0 Å². The van der Waals surface area contributed by atoms with Crippen molar-refractivity contribution in [1.82, 2.24) is 5.32 Å². The van der Waals surface area contributed by atoms with Gasteiger partial charge in [-0.15, -0.1) is 0 Å². The van der Waals surface area contributed by atoms with E-state index in [1.54, 1.807) is 6.08 Å². The van der Waals surface area contributed by atoms with Crippen LogP contribution in [0, 0.1) is 0 Å². The van der Waals surface area contributed by atoms with Gasteiger partial charge < -0.3 is 19.5 Å². The molecule has 25 heavy (non-hydrogen) atoms. The lowest BCUT2D eigenvalue weighted by Gasteiger charge is -2.05. The van der Waals surface area contributed by atoms with E-state index >= 15 is 0 Å². The minimum Gasteiger partial charge on any atom is -0.494 e. The third kappa shape index (κ3) is 4.76. The van der Waals surface area contributed by atoms with Gasteiger partial charge in [-0.3, -0.25) is 4.79 Å². The molecule has 0 atom stereocenters. The number of carbonyl (C=O) groups is 1. The normalized spacial score (nSPS) is 12.4. The number of nitrogens with one attached hydrogen (secondary N) is 1. The average molecular weight is 339 g/mol. The van der Waals surface area contributed by atoms with Crippen LogP contribution in [-0.2, 0) is 11.3 Å². The summed E-state index contributed by atoms with van der Waals surface area (Å²) in [6.07, 6.45) is 4.28. The molecule has 1 amide bonds. The highest BCUT2D eigenvalue weighted by molar-refractivity contribution is 5.91. The molecule has 0 radical (unpaired) electrons. The van der Waals surface area contributed by atoms with E-state index < -0.39 is 0 Å². The number of fused-ring (bicyclic) bond motifs is 1. The number of carbonyl (C=O) groups excluding carboxylic acids is 1. The fourth-order valence-corrected chi connectivity index (χ4v) is 2.37. The van der Waals surface area contributed by atoms with Gasteiger partial charge in [-0.2, -0.15) is 0 Å². The van der Waals surface area contributed by atoms with Gasteiger partial charge in [-0.05, 0) is 47.9 Å². The fraction of sp³-hybridized carbons (Fsp3) is 0.250. The van der Waals surface area contributed by atoms with Gasteiger partial charge in [0.2, 0.25) is 12.7 Å². The Morgan fingerprint density at radius 2 is 1.96 bits per heavy atom. The van der Waals surface area contributed by atoms with E-state index in [0.717, 1.165) is 29.0 Å². The molecule has 0 aliphatic carbocycles. The molecule has 1 N–H and O–H groups in total. The van der Waals surface area contributed by atoms with E-state index in [1.807, 2.05) is 42.5 Å². The van der Waals surface area contributed by atoms with Crippen molar-refractivity contribution in [2.45, 2.75) is 19.9 Å². The molecule has 3 rings (SSSR count). The minimum atomic E-state index is -0.149. The van der Waals surface area contributed by atoms with Crippen LogP contribution in [0.15, 0.2) is 48.5 Å². The highest BCUT2D eigenvalue weighted by Crippen LogP contribution is 2.32. The molecule has 1 heterocycles. The summed E-state index contributed by atoms with van der Waals surface area (Å²) in [6.45, 7) is 3.45. The van der Waals surface area contributed by atoms with Crippen LogP contribution in [0.2, 0.25) is 0 Å². The molecule has 0 fully saturated rings. The maximum absolute atomic E-state index is 12.0. The van der Waals surface area contributed by atoms with Gasteiger partial charge in [-0.1, -0.05) is 25.1 Å². The van der Waals surface area contributed by atoms with Gasteiger partial charge in [0.05, 0.1) is 6.61 Å². The topological polar surface area (TPSA) is 56.8 Å². The number of ether oxygens (including phenoxy) is 3. The van der Waals surface area contributed by atoms with Crippen molar-refractivity contribution in [2.75, 3.05) is 13.4 Å². The zero-order valence-electron chi connectivity index (χ0n) is 14.2. The Labute approximate surface area is 147 Å². The van der Waals surface area contributed by atoms with E-state index in [2.05, 4.69) is 12.2 Å². The molecule has 1 aliphatic rings. The Morgan fingerprint density at radius 3 is 2.76 bits per heavy atom. The average Bonchev–Trinajstić information content (AvgIpc) is 3.11. The second-order valence-electron chi connectivity index (χ2n) is 5.66. The van der Waals surface area contributed by atoms with Crippen LogP contribution < -0.4 is 19.5 Å². The summed E-state index contributed by atoms with van der Waals surface area (Å²) in [7, 11) is 0. The molecule has 5 heteroatoms. The summed E-state index contributed by atoms with van der Waals surface area (Å²) < 4.78 is 16.1. The third-order valence-corrected chi connectivity index (χ3v) is 3.68. The SMILES string of the molecule is CCCOc1ccc(/C=C/C(=O)NCc2ccc3c(c2)OCO3)cc1. The van der Waals surface area contributed by atoms with Gasteiger partial charge in [0.1, 0.15) is 5.75 Å². The van der Waals surface area contributed by atoms with Gasteiger partial charge in [0.15, 0.2) is 11.5 Å². The lowest BCUT2D eigenvalue weighted by molar-refractivity contribution is -0.116. The van der Waals surface area contributed by atoms with Crippen molar-refractivity contribution in [1.29, 1.82) is 0 Å². The van der Waals surface area contributed by atoms with Gasteiger partial charge in [0.25, 0.3) is 0 Å². The minimum absolute atomic E-state index is 0.149. The van der Waals surface area contributed by atoms with Crippen LogP contribution in [0.1, 0.15) is 24.5 Å². The fourth-order valence-electron chi connectivity index (χ4n) is 2.37. The van der Waals surface area contributed by atoms with Crippen molar-refractivity contribution in [2.24, 2.45) is 0 Å². The zero-order valence-corrected chi connectivity index (χ0v) is 14.2. The second kappa shape index (κ2) is 8.24. The van der Waals surface area contributed by atoms with Gasteiger partial charge in [0, 0.05) is 12.6 Å². The van der Waals surface area contributed by atoms with E-state index in [1.165, 1.54) is 6.08 Å². The van der Waals surface area contributed by atoms with Crippen molar-refractivity contribution < 1.29 is 19.0 Å². The monoisotopic (exact) mass is 339 g/mol. The molecular formula is C20H21NO4. The predicted molar refractivity (Wildman–Crippen MR) is 95.7 cm³/mol. The first-order chi connectivity index (χ1) is 12.2. The highest BCUT2D eigenvalue weighted by Gasteiger charge is 2.13. The number of benzene rings is 2. The molecule has 130 valence electrons. The van der Waals surface area contributed by atoms with Crippen LogP contribution >= 0.6 is 0 Å². The molecule has 0 bridgehead atoms. The highest BCUT2D eigenvalue weighted by atomic mass is 16.7. The molecule has 0 aromatic heterocycles. The maximum atomic E-state index is 12.0. The van der Waals surface area contributed by atoms with E-state index in [0.29, 0.717) is 18.9 Å². The quantitative estimate of drug-likeness (QED) is 0.784. The van der Waals surface area contributed by atoms with E-state index in [9.17, 15) is 4.79 Å². The molecule has 2 aromatic rings. The summed E-state index contributed by atoms with van der Waals surface area (Å²) in [6, 6.07) is 13.3.